The molecule has 0 atom stereocenters. The molecule has 0 spiro atoms. The molecule has 10 nitrogen and oxygen atoms in total. The lowest BCUT2D eigenvalue weighted by Gasteiger charge is -2.28. The lowest BCUT2D eigenvalue weighted by Crippen LogP contribution is -2.39. The Morgan fingerprint density at radius 3 is 2.63 bits per heavy atom. The van der Waals surface area contributed by atoms with Crippen molar-refractivity contribution in [2.24, 2.45) is 0 Å². The van der Waals surface area contributed by atoms with E-state index in [1.54, 1.807) is 19.0 Å². The van der Waals surface area contributed by atoms with Gasteiger partial charge in [0.15, 0.2) is 17.3 Å². The van der Waals surface area contributed by atoms with E-state index >= 15 is 0 Å². The van der Waals surface area contributed by atoms with Crippen LogP contribution in [0, 0.1) is 5.82 Å². The predicted octanol–water partition coefficient (Wildman–Crippen LogP) is 2.91. The van der Waals surface area contributed by atoms with Crippen LogP contribution >= 0.6 is 0 Å². The number of piperidine rings is 1. The van der Waals surface area contributed by atoms with Crippen LogP contribution in [-0.2, 0) is 6.54 Å². The SMILES string of the molecule is CN1CCCC(F)(F)C1.CNc1nc(N)nn2cc(F)c(-c3ccc4nnn(CC(F)F)c4n3)c12. The predicted molar refractivity (Wildman–Crippen MR) is 119 cm³/mol. The second kappa shape index (κ2) is 9.56. The largest absolute Gasteiger partial charge is 0.371 e. The molecule has 15 heteroatoms. The third kappa shape index (κ3) is 5.23. The van der Waals surface area contributed by atoms with E-state index in [4.69, 9.17) is 5.73 Å². The number of nitrogens with one attached hydrogen (secondary N) is 1. The fourth-order valence-corrected chi connectivity index (χ4v) is 3.90. The zero-order valence-corrected chi connectivity index (χ0v) is 18.9. The highest BCUT2D eigenvalue weighted by Gasteiger charge is 2.33. The summed E-state index contributed by atoms with van der Waals surface area (Å²) in [5.41, 5.74) is 6.71. The molecule has 4 aromatic rings. The summed E-state index contributed by atoms with van der Waals surface area (Å²) >= 11 is 0. The average Bonchev–Trinajstić information content (AvgIpc) is 3.31. The van der Waals surface area contributed by atoms with Crippen LogP contribution in [0.15, 0.2) is 18.3 Å². The summed E-state index contributed by atoms with van der Waals surface area (Å²) < 4.78 is 67.1. The number of aromatic nitrogens is 7. The zero-order valence-electron chi connectivity index (χ0n) is 18.9. The highest BCUT2D eigenvalue weighted by atomic mass is 19.3. The molecule has 5 rings (SSSR count). The fraction of sp³-hybridized carbons (Fsp3) is 0.450. The lowest BCUT2D eigenvalue weighted by molar-refractivity contribution is -0.0571. The molecule has 188 valence electrons. The molecule has 35 heavy (non-hydrogen) atoms. The van der Waals surface area contributed by atoms with Gasteiger partial charge >= 0.3 is 0 Å². The van der Waals surface area contributed by atoms with Crippen LogP contribution in [0.1, 0.15) is 12.8 Å². The van der Waals surface area contributed by atoms with Crippen LogP contribution in [0.3, 0.4) is 0 Å². The average molecular weight is 498 g/mol. The number of likely N-dealkylation sites (tertiary alicyclic amines) is 1. The first-order chi connectivity index (χ1) is 16.6. The Kier molecular flexibility index (Phi) is 6.69. The second-order valence-corrected chi connectivity index (χ2v) is 8.11. The van der Waals surface area contributed by atoms with Crippen LogP contribution in [0.25, 0.3) is 27.9 Å². The van der Waals surface area contributed by atoms with Crippen molar-refractivity contribution in [1.82, 2.24) is 39.5 Å². The van der Waals surface area contributed by atoms with Gasteiger partial charge in [-0.1, -0.05) is 5.21 Å². The van der Waals surface area contributed by atoms with Crippen molar-refractivity contribution in [3.8, 4) is 11.3 Å². The van der Waals surface area contributed by atoms with E-state index in [0.717, 1.165) is 17.4 Å². The molecular formula is C20H23F5N10. The topological polar surface area (TPSA) is 115 Å². The van der Waals surface area contributed by atoms with E-state index in [0.29, 0.717) is 23.3 Å². The third-order valence-electron chi connectivity index (χ3n) is 5.35. The molecule has 0 saturated carbocycles. The molecular weight excluding hydrogens is 475 g/mol. The Bertz CT molecular complexity index is 1340. The second-order valence-electron chi connectivity index (χ2n) is 8.11. The maximum Gasteiger partial charge on any atom is 0.260 e. The summed E-state index contributed by atoms with van der Waals surface area (Å²) in [6.07, 6.45) is -0.782. The van der Waals surface area contributed by atoms with Gasteiger partial charge in [-0.15, -0.1) is 10.2 Å². The van der Waals surface area contributed by atoms with Crippen molar-refractivity contribution in [3.63, 3.8) is 0 Å². The Morgan fingerprint density at radius 2 is 2.00 bits per heavy atom. The van der Waals surface area contributed by atoms with Crippen molar-refractivity contribution >= 4 is 28.4 Å². The summed E-state index contributed by atoms with van der Waals surface area (Å²) in [5, 5.41) is 14.2. The van der Waals surface area contributed by atoms with Gasteiger partial charge in [0.2, 0.25) is 5.95 Å². The summed E-state index contributed by atoms with van der Waals surface area (Å²) in [6, 6.07) is 3.06. The highest BCUT2D eigenvalue weighted by molar-refractivity contribution is 5.89. The first kappa shape index (κ1) is 24.5. The number of hydrogen-bond acceptors (Lipinski definition) is 8. The standard InChI is InChI=1S/C14H12F3N9.C6H11F2N/c1-19-12-11-10(6(15)4-25(11)23-14(18)21-12)7-2-3-8-13(20-7)26(24-22-8)5-9(16)17;1-9-4-2-3-6(7,8)5-9/h2-4,9H,5H2,1H3,(H3,18,19,21,23);2-5H2,1H3. The number of nitrogen functional groups attached to an aromatic ring is 1. The normalized spacial score (nSPS) is 16.0. The molecule has 0 radical (unpaired) electrons. The Hall–Kier alpha value is -3.62. The monoisotopic (exact) mass is 498 g/mol. The number of fused-ring (bicyclic) bond motifs is 2. The number of rotatable bonds is 4. The zero-order chi connectivity index (χ0) is 25.3. The van der Waals surface area contributed by atoms with Gasteiger partial charge in [-0.05, 0) is 32.1 Å². The number of nitrogens with zero attached hydrogens (tertiary/aromatic N) is 8. The molecule has 0 aliphatic carbocycles. The van der Waals surface area contributed by atoms with Crippen molar-refractivity contribution < 1.29 is 22.0 Å². The van der Waals surface area contributed by atoms with E-state index in [2.05, 4.69) is 30.7 Å². The first-order valence-electron chi connectivity index (χ1n) is 10.6. The smallest absolute Gasteiger partial charge is 0.260 e. The minimum atomic E-state index is -2.62. The number of nitrogens with two attached hydrogens (primary N) is 1. The van der Waals surface area contributed by atoms with E-state index in [-0.39, 0.29) is 35.8 Å². The van der Waals surface area contributed by atoms with Crippen LogP contribution in [-0.4, -0.2) is 79.0 Å². The maximum absolute atomic E-state index is 14.6. The van der Waals surface area contributed by atoms with Crippen LogP contribution in [0.5, 0.6) is 0 Å². The van der Waals surface area contributed by atoms with E-state index in [1.807, 2.05) is 0 Å². The first-order valence-corrected chi connectivity index (χ1v) is 10.6. The number of hydrogen-bond donors (Lipinski definition) is 2. The number of pyridine rings is 1. The van der Waals surface area contributed by atoms with E-state index in [1.165, 1.54) is 16.6 Å². The van der Waals surface area contributed by atoms with Crippen LogP contribution < -0.4 is 11.1 Å². The quantitative estimate of drug-likeness (QED) is 0.413. The Balaban J connectivity index is 0.000000271. The van der Waals surface area contributed by atoms with E-state index in [9.17, 15) is 22.0 Å². The van der Waals surface area contributed by atoms with Gasteiger partial charge < -0.3 is 16.0 Å². The van der Waals surface area contributed by atoms with Crippen molar-refractivity contribution in [3.05, 3.63) is 24.1 Å². The van der Waals surface area contributed by atoms with Gasteiger partial charge in [0.05, 0.1) is 24.0 Å². The molecule has 1 aliphatic rings. The summed E-state index contributed by atoms with van der Waals surface area (Å²) in [7, 11) is 3.34. The van der Waals surface area contributed by atoms with Gasteiger partial charge in [0.1, 0.15) is 17.6 Å². The number of anilines is 2. The molecule has 1 saturated heterocycles. The van der Waals surface area contributed by atoms with Crippen molar-refractivity contribution in [2.75, 3.05) is 38.2 Å². The minimum Gasteiger partial charge on any atom is -0.371 e. The molecule has 0 unspecified atom stereocenters. The highest BCUT2D eigenvalue weighted by Crippen LogP contribution is 2.32. The molecule has 0 amide bonds. The van der Waals surface area contributed by atoms with Gasteiger partial charge in [-0.2, -0.15) is 4.98 Å². The van der Waals surface area contributed by atoms with Gasteiger partial charge in [0, 0.05) is 13.5 Å². The Labute approximate surface area is 195 Å². The van der Waals surface area contributed by atoms with Gasteiger partial charge in [-0.25, -0.2) is 36.1 Å². The summed E-state index contributed by atoms with van der Waals surface area (Å²) in [4.78, 5) is 9.99. The van der Waals surface area contributed by atoms with Crippen molar-refractivity contribution in [1.29, 1.82) is 0 Å². The number of halogens is 5. The lowest BCUT2D eigenvalue weighted by atomic mass is 10.1. The van der Waals surface area contributed by atoms with Gasteiger partial charge in [-0.3, -0.25) is 0 Å². The number of alkyl halides is 4. The molecule has 5 heterocycles. The Morgan fingerprint density at radius 1 is 1.23 bits per heavy atom. The minimum absolute atomic E-state index is 0.0361. The van der Waals surface area contributed by atoms with Crippen LogP contribution in [0.4, 0.5) is 33.7 Å². The molecule has 1 fully saturated rings. The fourth-order valence-electron chi connectivity index (χ4n) is 3.90. The third-order valence-corrected chi connectivity index (χ3v) is 5.35. The molecule has 0 bridgehead atoms. The summed E-state index contributed by atoms with van der Waals surface area (Å²) in [5.74, 6) is -2.77. The van der Waals surface area contributed by atoms with Crippen LogP contribution in [0.2, 0.25) is 0 Å². The van der Waals surface area contributed by atoms with Crippen molar-refractivity contribution in [2.45, 2.75) is 31.7 Å². The summed E-state index contributed by atoms with van der Waals surface area (Å²) in [6.45, 7) is 0.0932. The molecule has 3 N–H and O–H groups in total. The molecule has 1 aliphatic heterocycles. The molecule has 4 aromatic heterocycles. The van der Waals surface area contributed by atoms with E-state index < -0.39 is 24.7 Å². The maximum atomic E-state index is 14.6. The van der Waals surface area contributed by atoms with Gasteiger partial charge in [0.25, 0.3) is 12.3 Å². The molecule has 0 aromatic carbocycles.